The molecule has 2 amide bonds. The fourth-order valence-corrected chi connectivity index (χ4v) is 2.66. The number of hydrogen-bond donors (Lipinski definition) is 3. The van der Waals surface area contributed by atoms with Crippen LogP contribution in [-0.2, 0) is 9.53 Å². The number of allylic oxidation sites excluding steroid dienone is 2. The molecule has 2 aromatic rings. The first-order chi connectivity index (χ1) is 14.3. The standard InChI is InChI=1S/C22H21BrN2O5/c1-3-4-18(30-2)13-19(25-20(26)14-5-9-16(23)10-6-14)21(27)24-17-11-7-15(8-12-17)22(28)29/h4-13H,3H2,1-2H3,(H,24,27)(H,25,26)(H,28,29)/b18-4-,19-13+. The number of carboxylic acids is 1. The number of anilines is 1. The van der Waals surface area contributed by atoms with Crippen LogP contribution in [0.25, 0.3) is 0 Å². The van der Waals surface area contributed by atoms with Crippen LogP contribution in [0.5, 0.6) is 0 Å². The average Bonchev–Trinajstić information content (AvgIpc) is 2.73. The van der Waals surface area contributed by atoms with E-state index in [-0.39, 0.29) is 11.3 Å². The third kappa shape index (κ3) is 6.59. The van der Waals surface area contributed by atoms with E-state index in [0.717, 1.165) is 4.47 Å². The molecule has 2 aromatic carbocycles. The van der Waals surface area contributed by atoms with Gasteiger partial charge in [0.15, 0.2) is 0 Å². The van der Waals surface area contributed by atoms with E-state index in [9.17, 15) is 14.4 Å². The molecule has 0 aliphatic heterocycles. The van der Waals surface area contributed by atoms with Crippen LogP contribution in [0.3, 0.4) is 0 Å². The van der Waals surface area contributed by atoms with Crippen molar-refractivity contribution in [2.45, 2.75) is 13.3 Å². The fourth-order valence-electron chi connectivity index (χ4n) is 2.39. The van der Waals surface area contributed by atoms with E-state index in [2.05, 4.69) is 26.6 Å². The van der Waals surface area contributed by atoms with Gasteiger partial charge in [-0.2, -0.15) is 0 Å². The molecule has 0 atom stereocenters. The Balaban J connectivity index is 2.27. The summed E-state index contributed by atoms with van der Waals surface area (Å²) < 4.78 is 6.07. The highest BCUT2D eigenvalue weighted by Gasteiger charge is 2.16. The fraction of sp³-hybridized carbons (Fsp3) is 0.136. The third-order valence-corrected chi connectivity index (χ3v) is 4.45. The largest absolute Gasteiger partial charge is 0.497 e. The van der Waals surface area contributed by atoms with Crippen LogP contribution < -0.4 is 10.6 Å². The first kappa shape index (κ1) is 22.9. The van der Waals surface area contributed by atoms with Gasteiger partial charge in [0.1, 0.15) is 11.5 Å². The van der Waals surface area contributed by atoms with E-state index >= 15 is 0 Å². The molecule has 0 aliphatic carbocycles. The molecule has 0 aromatic heterocycles. The van der Waals surface area contributed by atoms with Crippen molar-refractivity contribution in [2.75, 3.05) is 12.4 Å². The van der Waals surface area contributed by atoms with Crippen molar-refractivity contribution in [1.29, 1.82) is 0 Å². The molecule has 7 nitrogen and oxygen atoms in total. The van der Waals surface area contributed by atoms with E-state index < -0.39 is 17.8 Å². The molecule has 3 N–H and O–H groups in total. The van der Waals surface area contributed by atoms with E-state index in [0.29, 0.717) is 23.4 Å². The van der Waals surface area contributed by atoms with Gasteiger partial charge in [-0.3, -0.25) is 9.59 Å². The van der Waals surface area contributed by atoms with Gasteiger partial charge < -0.3 is 20.5 Å². The highest BCUT2D eigenvalue weighted by Crippen LogP contribution is 2.14. The quantitative estimate of drug-likeness (QED) is 0.301. The Kier molecular flexibility index (Phi) is 8.37. The molecular formula is C22H21BrN2O5. The second-order valence-electron chi connectivity index (χ2n) is 6.07. The van der Waals surface area contributed by atoms with Crippen molar-refractivity contribution >= 4 is 39.4 Å². The highest BCUT2D eigenvalue weighted by molar-refractivity contribution is 9.10. The lowest BCUT2D eigenvalue weighted by Crippen LogP contribution is -2.31. The molecule has 156 valence electrons. The molecule has 0 unspecified atom stereocenters. The minimum Gasteiger partial charge on any atom is -0.497 e. The number of ether oxygens (including phenoxy) is 1. The summed E-state index contributed by atoms with van der Waals surface area (Å²) in [4.78, 5) is 36.4. The first-order valence-corrected chi connectivity index (χ1v) is 9.80. The lowest BCUT2D eigenvalue weighted by molar-refractivity contribution is -0.113. The smallest absolute Gasteiger partial charge is 0.335 e. The van der Waals surface area contributed by atoms with E-state index in [1.54, 1.807) is 30.3 Å². The lowest BCUT2D eigenvalue weighted by Gasteiger charge is -2.12. The normalized spacial score (nSPS) is 11.6. The topological polar surface area (TPSA) is 105 Å². The van der Waals surface area contributed by atoms with Gasteiger partial charge in [0.05, 0.1) is 12.7 Å². The highest BCUT2D eigenvalue weighted by atomic mass is 79.9. The van der Waals surface area contributed by atoms with Crippen LogP contribution in [0.2, 0.25) is 0 Å². The monoisotopic (exact) mass is 472 g/mol. The molecule has 0 fully saturated rings. The Morgan fingerprint density at radius 1 is 1.03 bits per heavy atom. The van der Waals surface area contributed by atoms with Crippen molar-refractivity contribution in [3.8, 4) is 0 Å². The minimum atomic E-state index is -1.07. The number of benzene rings is 2. The minimum absolute atomic E-state index is 0.0215. The predicted octanol–water partition coefficient (Wildman–Crippen LogP) is 4.34. The molecule has 0 saturated heterocycles. The Labute approximate surface area is 182 Å². The zero-order chi connectivity index (χ0) is 22.1. The Bertz CT molecular complexity index is 980. The van der Waals surface area contributed by atoms with E-state index in [1.807, 2.05) is 6.92 Å². The van der Waals surface area contributed by atoms with Crippen LogP contribution >= 0.6 is 15.9 Å². The molecule has 0 bridgehead atoms. The SMILES string of the molecule is CC/C=C(/C=C(/NC(=O)c1ccc(Br)cc1)C(=O)Nc1ccc(C(=O)O)cc1)OC. The zero-order valence-electron chi connectivity index (χ0n) is 16.4. The van der Waals surface area contributed by atoms with Gasteiger partial charge in [0.25, 0.3) is 11.8 Å². The summed E-state index contributed by atoms with van der Waals surface area (Å²) in [5.41, 5.74) is 0.833. The Morgan fingerprint density at radius 3 is 2.17 bits per heavy atom. The number of halogens is 1. The average molecular weight is 473 g/mol. The number of nitrogens with one attached hydrogen (secondary N) is 2. The molecule has 0 aliphatic rings. The number of rotatable bonds is 8. The summed E-state index contributed by atoms with van der Waals surface area (Å²) in [6.45, 7) is 1.91. The number of methoxy groups -OCH3 is 1. The number of carbonyl (C=O) groups is 3. The van der Waals surface area contributed by atoms with Gasteiger partial charge in [0.2, 0.25) is 0 Å². The number of carboxylic acid groups (broad SMARTS) is 1. The van der Waals surface area contributed by atoms with Gasteiger partial charge in [-0.1, -0.05) is 22.9 Å². The Hall–Kier alpha value is -3.39. The summed E-state index contributed by atoms with van der Waals surface area (Å²) in [7, 11) is 1.47. The van der Waals surface area contributed by atoms with Crippen molar-refractivity contribution in [3.63, 3.8) is 0 Å². The van der Waals surface area contributed by atoms with Crippen molar-refractivity contribution in [2.24, 2.45) is 0 Å². The second-order valence-corrected chi connectivity index (χ2v) is 6.99. The molecular weight excluding hydrogens is 452 g/mol. The lowest BCUT2D eigenvalue weighted by atomic mass is 10.2. The van der Waals surface area contributed by atoms with Gasteiger partial charge in [-0.25, -0.2) is 4.79 Å². The van der Waals surface area contributed by atoms with Crippen molar-refractivity contribution in [3.05, 3.63) is 87.7 Å². The molecule has 0 heterocycles. The first-order valence-electron chi connectivity index (χ1n) is 9.01. The van der Waals surface area contributed by atoms with Gasteiger partial charge in [0, 0.05) is 21.8 Å². The number of hydrogen-bond acceptors (Lipinski definition) is 4. The number of carbonyl (C=O) groups excluding carboxylic acids is 2. The maximum absolute atomic E-state index is 12.8. The van der Waals surface area contributed by atoms with E-state index in [4.69, 9.17) is 9.84 Å². The third-order valence-electron chi connectivity index (χ3n) is 3.92. The van der Waals surface area contributed by atoms with Crippen LogP contribution in [0.4, 0.5) is 5.69 Å². The van der Waals surface area contributed by atoms with Gasteiger partial charge >= 0.3 is 5.97 Å². The predicted molar refractivity (Wildman–Crippen MR) is 117 cm³/mol. The van der Waals surface area contributed by atoms with E-state index in [1.165, 1.54) is 37.5 Å². The summed E-state index contributed by atoms with van der Waals surface area (Å²) >= 11 is 3.31. The van der Waals surface area contributed by atoms with Crippen LogP contribution in [-0.4, -0.2) is 30.0 Å². The van der Waals surface area contributed by atoms with Gasteiger partial charge in [-0.15, -0.1) is 0 Å². The van der Waals surface area contributed by atoms with Crippen molar-refractivity contribution in [1.82, 2.24) is 5.32 Å². The Morgan fingerprint density at radius 2 is 1.63 bits per heavy atom. The maximum Gasteiger partial charge on any atom is 0.335 e. The molecule has 2 rings (SSSR count). The second kappa shape index (κ2) is 11.0. The summed E-state index contributed by atoms with van der Waals surface area (Å²) in [5.74, 6) is -1.69. The van der Waals surface area contributed by atoms with Gasteiger partial charge in [-0.05, 0) is 61.0 Å². The molecule has 30 heavy (non-hydrogen) atoms. The molecule has 0 spiro atoms. The maximum atomic E-state index is 12.8. The number of amides is 2. The summed E-state index contributed by atoms with van der Waals surface area (Å²) in [5, 5.41) is 14.2. The van der Waals surface area contributed by atoms with Crippen LogP contribution in [0.15, 0.2) is 76.6 Å². The van der Waals surface area contributed by atoms with Crippen LogP contribution in [0.1, 0.15) is 34.1 Å². The summed E-state index contributed by atoms with van der Waals surface area (Å²) in [6.07, 6.45) is 3.87. The molecule has 0 saturated carbocycles. The zero-order valence-corrected chi connectivity index (χ0v) is 18.0. The van der Waals surface area contributed by atoms with Crippen LogP contribution in [0, 0.1) is 0 Å². The summed E-state index contributed by atoms with van der Waals surface area (Å²) in [6, 6.07) is 12.4. The number of aromatic carboxylic acids is 1. The molecule has 8 heteroatoms. The molecule has 0 radical (unpaired) electrons. The van der Waals surface area contributed by atoms with Crippen molar-refractivity contribution < 1.29 is 24.2 Å².